The molecular weight excluding hydrogens is 206 g/mol. The van der Waals surface area contributed by atoms with Crippen LogP contribution in [0.1, 0.15) is 11.7 Å². The number of nitrogens with zero attached hydrogens (tertiary/aromatic N) is 5. The van der Waals surface area contributed by atoms with E-state index < -0.39 is 0 Å². The number of guanidine groups is 1. The Morgan fingerprint density at radius 2 is 1.88 bits per heavy atom. The van der Waals surface area contributed by atoms with Crippen LogP contribution in [0.25, 0.3) is 0 Å². The van der Waals surface area contributed by atoms with Crippen molar-refractivity contribution in [2.45, 2.75) is 13.3 Å². The summed E-state index contributed by atoms with van der Waals surface area (Å²) in [5.41, 5.74) is 0. The molecule has 90 valence electrons. The Morgan fingerprint density at radius 1 is 1.25 bits per heavy atom. The fourth-order valence-electron chi connectivity index (χ4n) is 1.38. The van der Waals surface area contributed by atoms with Crippen molar-refractivity contribution in [3.63, 3.8) is 0 Å². The molecule has 6 heteroatoms. The van der Waals surface area contributed by atoms with E-state index in [-0.39, 0.29) is 0 Å². The molecule has 0 spiro atoms. The molecule has 0 fully saturated rings. The van der Waals surface area contributed by atoms with Crippen LogP contribution >= 0.6 is 0 Å². The van der Waals surface area contributed by atoms with E-state index >= 15 is 0 Å². The van der Waals surface area contributed by atoms with E-state index in [9.17, 15) is 0 Å². The van der Waals surface area contributed by atoms with Crippen molar-refractivity contribution in [3.05, 3.63) is 11.7 Å². The molecule has 0 amide bonds. The molecule has 6 nitrogen and oxygen atoms in total. The van der Waals surface area contributed by atoms with Crippen LogP contribution in [0.2, 0.25) is 0 Å². The molecule has 0 aliphatic rings. The third-order valence-corrected chi connectivity index (χ3v) is 1.95. The van der Waals surface area contributed by atoms with Gasteiger partial charge in [-0.05, 0) is 6.92 Å². The Kier molecular flexibility index (Phi) is 4.28. The third kappa shape index (κ3) is 3.52. The minimum atomic E-state index is 0.637. The van der Waals surface area contributed by atoms with Crippen molar-refractivity contribution < 1.29 is 4.52 Å². The van der Waals surface area contributed by atoms with Gasteiger partial charge >= 0.3 is 0 Å². The molecule has 0 saturated carbocycles. The van der Waals surface area contributed by atoms with Crippen LogP contribution in [-0.2, 0) is 6.42 Å². The van der Waals surface area contributed by atoms with Gasteiger partial charge < -0.3 is 14.3 Å². The Morgan fingerprint density at radius 3 is 2.31 bits per heavy atom. The highest BCUT2D eigenvalue weighted by atomic mass is 16.5. The second kappa shape index (κ2) is 5.48. The van der Waals surface area contributed by atoms with Crippen molar-refractivity contribution in [2.75, 3.05) is 34.7 Å². The number of aromatic nitrogens is 2. The standard InChI is InChI=1S/C10H19N5O/c1-8-12-9(16-13-8)6-7-11-10(14(2)3)15(4)5/h6-7H2,1-5H3. The van der Waals surface area contributed by atoms with Gasteiger partial charge in [0, 0.05) is 34.6 Å². The van der Waals surface area contributed by atoms with Gasteiger partial charge in [0.05, 0.1) is 6.54 Å². The van der Waals surface area contributed by atoms with Gasteiger partial charge in [-0.2, -0.15) is 4.98 Å². The average molecular weight is 225 g/mol. The lowest BCUT2D eigenvalue weighted by molar-refractivity contribution is 0.375. The lowest BCUT2D eigenvalue weighted by Gasteiger charge is -2.22. The SMILES string of the molecule is Cc1noc(CCN=C(N(C)C)N(C)C)n1. The fourth-order valence-corrected chi connectivity index (χ4v) is 1.38. The van der Waals surface area contributed by atoms with E-state index in [2.05, 4.69) is 15.1 Å². The summed E-state index contributed by atoms with van der Waals surface area (Å²) < 4.78 is 5.01. The van der Waals surface area contributed by atoms with Gasteiger partial charge in [0.15, 0.2) is 11.8 Å². The van der Waals surface area contributed by atoms with E-state index in [1.54, 1.807) is 6.92 Å². The summed E-state index contributed by atoms with van der Waals surface area (Å²) in [6.07, 6.45) is 0.673. The second-order valence-electron chi connectivity index (χ2n) is 3.96. The number of aliphatic imine (C=N–C) groups is 1. The number of aryl methyl sites for hydroxylation is 1. The highest BCUT2D eigenvalue weighted by Gasteiger charge is 2.05. The van der Waals surface area contributed by atoms with E-state index in [0.29, 0.717) is 24.7 Å². The molecule has 1 rings (SSSR count). The maximum Gasteiger partial charge on any atom is 0.228 e. The molecule has 0 unspecified atom stereocenters. The summed E-state index contributed by atoms with van der Waals surface area (Å²) in [5.74, 6) is 2.23. The minimum Gasteiger partial charge on any atom is -0.349 e. The first-order valence-electron chi connectivity index (χ1n) is 5.19. The predicted molar refractivity (Wildman–Crippen MR) is 62.4 cm³/mol. The third-order valence-electron chi connectivity index (χ3n) is 1.95. The molecule has 0 N–H and O–H groups in total. The van der Waals surface area contributed by atoms with Crippen LogP contribution in [0, 0.1) is 6.92 Å². The summed E-state index contributed by atoms with van der Waals surface area (Å²) in [6, 6.07) is 0. The summed E-state index contributed by atoms with van der Waals surface area (Å²) in [7, 11) is 7.87. The molecule has 1 aromatic rings. The molecule has 0 aliphatic carbocycles. The first-order chi connectivity index (χ1) is 7.50. The maximum atomic E-state index is 5.01. The van der Waals surface area contributed by atoms with E-state index in [4.69, 9.17) is 4.52 Å². The summed E-state index contributed by atoms with van der Waals surface area (Å²) in [4.78, 5) is 12.5. The Bertz CT molecular complexity index is 346. The van der Waals surface area contributed by atoms with Crippen molar-refractivity contribution in [3.8, 4) is 0 Å². The predicted octanol–water partition coefficient (Wildman–Crippen LogP) is 0.400. The monoisotopic (exact) mass is 225 g/mol. The normalized spacial score (nSPS) is 10.1. The van der Waals surface area contributed by atoms with Crippen molar-refractivity contribution in [2.24, 2.45) is 4.99 Å². The van der Waals surface area contributed by atoms with Gasteiger partial charge in [0.1, 0.15) is 0 Å². The molecule has 1 heterocycles. The lowest BCUT2D eigenvalue weighted by atomic mass is 10.4. The van der Waals surface area contributed by atoms with Crippen LogP contribution in [0.3, 0.4) is 0 Å². The quantitative estimate of drug-likeness (QED) is 0.550. The van der Waals surface area contributed by atoms with Gasteiger partial charge in [-0.25, -0.2) is 0 Å². The van der Waals surface area contributed by atoms with Crippen LogP contribution in [0.5, 0.6) is 0 Å². The molecule has 16 heavy (non-hydrogen) atoms. The highest BCUT2D eigenvalue weighted by Crippen LogP contribution is 1.98. The van der Waals surface area contributed by atoms with E-state index in [1.807, 2.05) is 38.0 Å². The smallest absolute Gasteiger partial charge is 0.228 e. The minimum absolute atomic E-state index is 0.637. The molecule has 0 saturated heterocycles. The number of hydrogen-bond acceptors (Lipinski definition) is 4. The zero-order valence-corrected chi connectivity index (χ0v) is 10.6. The van der Waals surface area contributed by atoms with Crippen LogP contribution in [0.15, 0.2) is 9.52 Å². The molecule has 1 aromatic heterocycles. The Balaban J connectivity index is 2.51. The van der Waals surface area contributed by atoms with E-state index in [1.165, 1.54) is 0 Å². The number of hydrogen-bond donors (Lipinski definition) is 0. The zero-order chi connectivity index (χ0) is 12.1. The molecule has 0 aliphatic heterocycles. The first-order valence-corrected chi connectivity index (χ1v) is 5.19. The zero-order valence-electron chi connectivity index (χ0n) is 10.6. The molecule has 0 bridgehead atoms. The largest absolute Gasteiger partial charge is 0.349 e. The van der Waals surface area contributed by atoms with Crippen LogP contribution in [-0.4, -0.2) is 60.6 Å². The maximum absolute atomic E-state index is 5.01. The van der Waals surface area contributed by atoms with Crippen molar-refractivity contribution in [1.82, 2.24) is 19.9 Å². The van der Waals surface area contributed by atoms with Crippen LogP contribution in [0.4, 0.5) is 0 Å². The van der Waals surface area contributed by atoms with Gasteiger partial charge in [-0.1, -0.05) is 5.16 Å². The highest BCUT2D eigenvalue weighted by molar-refractivity contribution is 5.79. The Hall–Kier alpha value is -1.59. The molecular formula is C10H19N5O. The Labute approximate surface area is 96.0 Å². The molecule has 0 radical (unpaired) electrons. The summed E-state index contributed by atoms with van der Waals surface area (Å²) in [6.45, 7) is 2.45. The van der Waals surface area contributed by atoms with Gasteiger partial charge in [-0.15, -0.1) is 0 Å². The lowest BCUT2D eigenvalue weighted by Crippen LogP contribution is -2.35. The average Bonchev–Trinajstić information content (AvgIpc) is 2.57. The molecule has 0 atom stereocenters. The molecule has 0 aromatic carbocycles. The van der Waals surface area contributed by atoms with Gasteiger partial charge in [0.2, 0.25) is 5.89 Å². The van der Waals surface area contributed by atoms with Gasteiger partial charge in [0.25, 0.3) is 0 Å². The summed E-state index contributed by atoms with van der Waals surface area (Å²) in [5, 5.41) is 3.73. The van der Waals surface area contributed by atoms with Gasteiger partial charge in [-0.3, -0.25) is 4.99 Å². The second-order valence-corrected chi connectivity index (χ2v) is 3.96. The fraction of sp³-hybridized carbons (Fsp3) is 0.700. The first kappa shape index (κ1) is 12.5. The van der Waals surface area contributed by atoms with E-state index in [0.717, 1.165) is 5.96 Å². The van der Waals surface area contributed by atoms with Crippen molar-refractivity contribution >= 4 is 5.96 Å². The van der Waals surface area contributed by atoms with Crippen LogP contribution < -0.4 is 0 Å². The topological polar surface area (TPSA) is 57.8 Å². The number of rotatable bonds is 3. The summed E-state index contributed by atoms with van der Waals surface area (Å²) >= 11 is 0. The van der Waals surface area contributed by atoms with Crippen molar-refractivity contribution in [1.29, 1.82) is 0 Å².